The number of anilines is 1. The molecule has 0 spiro atoms. The zero-order valence-corrected chi connectivity index (χ0v) is 9.84. The van der Waals surface area contributed by atoms with Crippen LogP contribution in [0, 0.1) is 0 Å². The number of fused-ring (bicyclic) bond motifs is 1. The maximum absolute atomic E-state index is 11.2. The predicted molar refractivity (Wildman–Crippen MR) is 60.3 cm³/mol. The summed E-state index contributed by atoms with van der Waals surface area (Å²) in [6.07, 6.45) is 0. The van der Waals surface area contributed by atoms with E-state index < -0.39 is 10.0 Å². The van der Waals surface area contributed by atoms with Gasteiger partial charge in [0.25, 0.3) is 0 Å². The molecular formula is C7H8ClN3O2S2. The van der Waals surface area contributed by atoms with E-state index in [0.29, 0.717) is 6.67 Å². The predicted octanol–water partition coefficient (Wildman–Crippen LogP) is 0.967. The van der Waals surface area contributed by atoms with Gasteiger partial charge in [0, 0.05) is 4.90 Å². The molecule has 0 amide bonds. The second-order valence-corrected chi connectivity index (χ2v) is 5.79. The molecule has 0 bridgehead atoms. The molecule has 1 aromatic carbocycles. The van der Waals surface area contributed by atoms with Gasteiger partial charge in [-0.2, -0.15) is 0 Å². The van der Waals surface area contributed by atoms with E-state index in [2.05, 4.69) is 10.0 Å². The first-order valence-electron chi connectivity index (χ1n) is 3.98. The zero-order chi connectivity index (χ0) is 11.1. The summed E-state index contributed by atoms with van der Waals surface area (Å²) in [7, 11) is -3.77. The smallest absolute Gasteiger partial charge is 0.239 e. The Kier molecular flexibility index (Phi) is 2.82. The van der Waals surface area contributed by atoms with Crippen molar-refractivity contribution in [1.82, 2.24) is 4.72 Å². The van der Waals surface area contributed by atoms with E-state index in [-0.39, 0.29) is 9.92 Å². The first kappa shape index (κ1) is 11.0. The summed E-state index contributed by atoms with van der Waals surface area (Å²) in [4.78, 5) is 0.704. The fourth-order valence-corrected chi connectivity index (χ4v) is 3.11. The fourth-order valence-electron chi connectivity index (χ4n) is 1.22. The van der Waals surface area contributed by atoms with Crippen molar-refractivity contribution in [2.24, 2.45) is 5.14 Å². The number of hydrogen-bond donors (Lipinski definition) is 3. The summed E-state index contributed by atoms with van der Waals surface area (Å²) < 4.78 is 25.3. The van der Waals surface area contributed by atoms with E-state index in [0.717, 1.165) is 10.6 Å². The molecule has 8 heteroatoms. The Hall–Kier alpha value is -0.470. The van der Waals surface area contributed by atoms with E-state index in [9.17, 15) is 8.42 Å². The molecule has 0 aliphatic carbocycles. The van der Waals surface area contributed by atoms with Crippen molar-refractivity contribution in [3.05, 3.63) is 17.2 Å². The minimum absolute atomic E-state index is 0.0547. The van der Waals surface area contributed by atoms with Crippen molar-refractivity contribution in [3.63, 3.8) is 0 Å². The van der Waals surface area contributed by atoms with Gasteiger partial charge >= 0.3 is 0 Å². The van der Waals surface area contributed by atoms with E-state index in [1.807, 2.05) is 0 Å². The van der Waals surface area contributed by atoms with Crippen molar-refractivity contribution in [2.45, 2.75) is 9.79 Å². The average Bonchev–Trinajstić information content (AvgIpc) is 2.15. The van der Waals surface area contributed by atoms with E-state index >= 15 is 0 Å². The van der Waals surface area contributed by atoms with E-state index in [1.165, 1.54) is 18.0 Å². The number of benzene rings is 1. The molecule has 0 saturated carbocycles. The lowest BCUT2D eigenvalue weighted by atomic mass is 10.3. The van der Waals surface area contributed by atoms with Crippen LogP contribution in [0.1, 0.15) is 0 Å². The fraction of sp³-hybridized carbons (Fsp3) is 0.143. The van der Waals surface area contributed by atoms with Gasteiger partial charge < -0.3 is 5.32 Å². The number of rotatable bonds is 1. The van der Waals surface area contributed by atoms with Crippen LogP contribution in [0.15, 0.2) is 21.9 Å². The van der Waals surface area contributed by atoms with Crippen molar-refractivity contribution in [1.29, 1.82) is 0 Å². The van der Waals surface area contributed by atoms with E-state index in [1.54, 1.807) is 6.07 Å². The highest BCUT2D eigenvalue weighted by atomic mass is 35.5. The zero-order valence-electron chi connectivity index (χ0n) is 7.45. The van der Waals surface area contributed by atoms with Gasteiger partial charge in [0.05, 0.1) is 17.4 Å². The molecule has 1 aromatic rings. The molecule has 0 unspecified atom stereocenters. The number of hydrogen-bond acceptors (Lipinski definition) is 5. The van der Waals surface area contributed by atoms with Crippen molar-refractivity contribution >= 4 is 39.3 Å². The summed E-state index contributed by atoms with van der Waals surface area (Å²) in [5.74, 6) is 0. The molecule has 1 aliphatic heterocycles. The molecular weight excluding hydrogens is 258 g/mol. The van der Waals surface area contributed by atoms with Crippen LogP contribution in [0.3, 0.4) is 0 Å². The topological polar surface area (TPSA) is 84.2 Å². The summed E-state index contributed by atoms with van der Waals surface area (Å²) in [6.45, 7) is 0.600. The van der Waals surface area contributed by atoms with Crippen LogP contribution in [-0.4, -0.2) is 15.1 Å². The van der Waals surface area contributed by atoms with Gasteiger partial charge in [-0.1, -0.05) is 11.6 Å². The van der Waals surface area contributed by atoms with Gasteiger partial charge in [-0.05, 0) is 24.1 Å². The lowest BCUT2D eigenvalue weighted by molar-refractivity contribution is 0.597. The number of primary sulfonamides is 1. The normalized spacial score (nSPS) is 15.6. The van der Waals surface area contributed by atoms with Gasteiger partial charge in [-0.25, -0.2) is 18.3 Å². The summed E-state index contributed by atoms with van der Waals surface area (Å²) in [5.41, 5.74) is 0.802. The van der Waals surface area contributed by atoms with Crippen LogP contribution in [-0.2, 0) is 10.0 Å². The summed E-state index contributed by atoms with van der Waals surface area (Å²) >= 11 is 7.15. The van der Waals surface area contributed by atoms with Gasteiger partial charge in [-0.15, -0.1) is 0 Å². The highest BCUT2D eigenvalue weighted by Gasteiger charge is 2.18. The van der Waals surface area contributed by atoms with Crippen LogP contribution < -0.4 is 15.2 Å². The molecule has 0 aromatic heterocycles. The van der Waals surface area contributed by atoms with Crippen LogP contribution in [0.25, 0.3) is 0 Å². The Morgan fingerprint density at radius 3 is 2.87 bits per heavy atom. The van der Waals surface area contributed by atoms with Crippen molar-refractivity contribution in [2.75, 3.05) is 12.0 Å². The number of nitrogens with one attached hydrogen (secondary N) is 2. The maximum Gasteiger partial charge on any atom is 0.239 e. The highest BCUT2D eigenvalue weighted by Crippen LogP contribution is 2.34. The number of sulfonamides is 1. The molecule has 1 aliphatic rings. The van der Waals surface area contributed by atoms with Crippen LogP contribution in [0.2, 0.25) is 5.02 Å². The molecule has 0 saturated heterocycles. The lowest BCUT2D eigenvalue weighted by Crippen LogP contribution is -2.21. The third-order valence-electron chi connectivity index (χ3n) is 1.87. The van der Waals surface area contributed by atoms with Crippen molar-refractivity contribution < 1.29 is 8.42 Å². The third kappa shape index (κ3) is 2.21. The molecule has 82 valence electrons. The molecule has 15 heavy (non-hydrogen) atoms. The summed E-state index contributed by atoms with van der Waals surface area (Å²) in [6, 6.07) is 3.02. The highest BCUT2D eigenvalue weighted by molar-refractivity contribution is 7.97. The minimum Gasteiger partial charge on any atom is -0.371 e. The monoisotopic (exact) mass is 265 g/mol. The summed E-state index contributed by atoms with van der Waals surface area (Å²) in [5, 5.41) is 8.19. The van der Waals surface area contributed by atoms with E-state index in [4.69, 9.17) is 16.7 Å². The molecule has 0 atom stereocenters. The quantitative estimate of drug-likeness (QED) is 0.659. The Labute approximate surface area is 96.6 Å². The van der Waals surface area contributed by atoms with Crippen LogP contribution in [0.5, 0.6) is 0 Å². The molecule has 0 radical (unpaired) electrons. The van der Waals surface area contributed by atoms with Gasteiger partial charge in [0.1, 0.15) is 4.90 Å². The minimum atomic E-state index is -3.77. The Morgan fingerprint density at radius 1 is 1.47 bits per heavy atom. The Bertz CT molecular complexity index is 503. The van der Waals surface area contributed by atoms with Gasteiger partial charge in [-0.3, -0.25) is 0 Å². The average molecular weight is 266 g/mol. The number of nitrogens with two attached hydrogens (primary N) is 1. The van der Waals surface area contributed by atoms with Crippen molar-refractivity contribution in [3.8, 4) is 0 Å². The lowest BCUT2D eigenvalue weighted by Gasteiger charge is -2.19. The molecule has 2 rings (SSSR count). The first-order chi connectivity index (χ1) is 6.98. The Balaban J connectivity index is 2.60. The standard InChI is InChI=1S/C7H8ClN3O2S2/c8-4-1-5-6(14-11-3-10-5)2-7(4)15(9,12)13/h1-2,10-11H,3H2,(H2,9,12,13). The largest absolute Gasteiger partial charge is 0.371 e. The second-order valence-electron chi connectivity index (χ2n) is 2.92. The Morgan fingerprint density at radius 2 is 2.20 bits per heavy atom. The molecule has 1 heterocycles. The SMILES string of the molecule is NS(=O)(=O)c1cc2c(cc1Cl)NCNS2. The van der Waals surface area contributed by atoms with Gasteiger partial charge in [0.15, 0.2) is 0 Å². The second kappa shape index (κ2) is 3.84. The third-order valence-corrected chi connectivity index (χ3v) is 4.10. The molecule has 5 nitrogen and oxygen atoms in total. The van der Waals surface area contributed by atoms with Crippen LogP contribution >= 0.6 is 23.5 Å². The van der Waals surface area contributed by atoms with Gasteiger partial charge in [0.2, 0.25) is 10.0 Å². The number of halogens is 1. The maximum atomic E-state index is 11.2. The first-order valence-corrected chi connectivity index (χ1v) is 6.72. The molecule has 0 fully saturated rings. The molecule has 4 N–H and O–H groups in total. The van der Waals surface area contributed by atoms with Crippen LogP contribution in [0.4, 0.5) is 5.69 Å².